The molecule has 8 heteroatoms. The Morgan fingerprint density at radius 1 is 1.26 bits per heavy atom. The van der Waals surface area contributed by atoms with Crippen molar-refractivity contribution in [2.45, 2.75) is 44.5 Å². The normalized spacial score (nSPS) is 17.6. The van der Waals surface area contributed by atoms with E-state index in [1.54, 1.807) is 12.0 Å². The second kappa shape index (κ2) is 10.1. The Hall–Kier alpha value is -2.94. The number of halogens is 1. The Labute approximate surface area is 207 Å². The lowest BCUT2D eigenvalue weighted by molar-refractivity contribution is -0.129. The van der Waals surface area contributed by atoms with Crippen LogP contribution < -0.4 is 20.7 Å². The maximum Gasteiger partial charge on any atom is 0.249 e. The molecule has 1 aliphatic heterocycles. The van der Waals surface area contributed by atoms with Crippen LogP contribution in [0.2, 0.25) is 0 Å². The Kier molecular flexibility index (Phi) is 7.21. The first-order valence-electron chi connectivity index (χ1n) is 11.2. The van der Waals surface area contributed by atoms with Gasteiger partial charge < -0.3 is 25.8 Å². The standard InChI is InChI=1S/C26H28BrN3O4/c1-15(31)24(28)25(32)29-21-11-7-16-5-3-4-6-22(16)30(26(21)33)14-20-19-10-9-18(27)13-17(19)8-12-23(20)34-2/h3-6,8-10,12-13,15,21,24,31H,7,11,14,28H2,1-2H3,(H,29,32)/t15-,21+,24+/m1/s1. The summed E-state index contributed by atoms with van der Waals surface area (Å²) < 4.78 is 6.63. The lowest BCUT2D eigenvalue weighted by Crippen LogP contribution is -2.54. The van der Waals surface area contributed by atoms with Crippen molar-refractivity contribution in [3.8, 4) is 5.75 Å². The number of para-hydroxylation sites is 1. The van der Waals surface area contributed by atoms with Crippen LogP contribution in [0.5, 0.6) is 5.75 Å². The van der Waals surface area contributed by atoms with Crippen molar-refractivity contribution in [2.24, 2.45) is 5.73 Å². The maximum atomic E-state index is 13.8. The van der Waals surface area contributed by atoms with E-state index in [4.69, 9.17) is 10.5 Å². The molecule has 4 N–H and O–H groups in total. The fourth-order valence-corrected chi connectivity index (χ4v) is 4.74. The highest BCUT2D eigenvalue weighted by Gasteiger charge is 2.33. The number of benzene rings is 3. The van der Waals surface area contributed by atoms with Crippen LogP contribution in [0.25, 0.3) is 10.8 Å². The van der Waals surface area contributed by atoms with Gasteiger partial charge >= 0.3 is 0 Å². The summed E-state index contributed by atoms with van der Waals surface area (Å²) in [5.41, 5.74) is 8.52. The third-order valence-electron chi connectivity index (χ3n) is 6.27. The van der Waals surface area contributed by atoms with Crippen LogP contribution in [0.1, 0.15) is 24.5 Å². The minimum atomic E-state index is -1.11. The van der Waals surface area contributed by atoms with Gasteiger partial charge in [0.2, 0.25) is 11.8 Å². The van der Waals surface area contributed by atoms with E-state index in [-0.39, 0.29) is 12.5 Å². The van der Waals surface area contributed by atoms with Gasteiger partial charge in [-0.2, -0.15) is 0 Å². The van der Waals surface area contributed by atoms with Gasteiger partial charge in [0, 0.05) is 15.7 Å². The molecule has 34 heavy (non-hydrogen) atoms. The summed E-state index contributed by atoms with van der Waals surface area (Å²) in [5.74, 6) is -0.0971. The Balaban J connectivity index is 1.76. The number of hydrogen-bond donors (Lipinski definition) is 3. The van der Waals surface area contributed by atoms with Gasteiger partial charge in [0.05, 0.1) is 19.8 Å². The molecule has 2 amide bonds. The zero-order valence-corrected chi connectivity index (χ0v) is 20.7. The molecule has 4 rings (SSSR count). The molecular weight excluding hydrogens is 498 g/mol. The number of anilines is 1. The molecule has 0 bridgehead atoms. The summed E-state index contributed by atoms with van der Waals surface area (Å²) >= 11 is 3.52. The molecule has 3 aromatic rings. The fourth-order valence-electron chi connectivity index (χ4n) is 4.36. The van der Waals surface area contributed by atoms with Gasteiger partial charge in [0.15, 0.2) is 0 Å². The smallest absolute Gasteiger partial charge is 0.249 e. The number of aliphatic hydroxyl groups is 1. The topological polar surface area (TPSA) is 105 Å². The van der Waals surface area contributed by atoms with Crippen molar-refractivity contribution < 1.29 is 19.4 Å². The highest BCUT2D eigenvalue weighted by molar-refractivity contribution is 9.10. The average Bonchev–Trinajstić information content (AvgIpc) is 2.95. The molecule has 0 radical (unpaired) electrons. The van der Waals surface area contributed by atoms with E-state index in [9.17, 15) is 14.7 Å². The number of nitrogens with two attached hydrogens (primary N) is 1. The Bertz CT molecular complexity index is 1230. The van der Waals surface area contributed by atoms with Crippen molar-refractivity contribution in [1.82, 2.24) is 5.32 Å². The summed E-state index contributed by atoms with van der Waals surface area (Å²) in [7, 11) is 1.61. The van der Waals surface area contributed by atoms with Gasteiger partial charge in [-0.15, -0.1) is 0 Å². The SMILES string of the molecule is COc1ccc2cc(Br)ccc2c1CN1C(=O)[C@@H](NC(=O)[C@@H](N)[C@@H](C)O)CCc2ccccc21. The van der Waals surface area contributed by atoms with Crippen molar-refractivity contribution in [3.05, 3.63) is 70.2 Å². The zero-order valence-electron chi connectivity index (χ0n) is 19.1. The summed E-state index contributed by atoms with van der Waals surface area (Å²) in [6.07, 6.45) is 0.0328. The quantitative estimate of drug-likeness (QED) is 0.458. The van der Waals surface area contributed by atoms with Gasteiger partial charge in [-0.25, -0.2) is 0 Å². The van der Waals surface area contributed by atoms with E-state index in [0.717, 1.165) is 32.1 Å². The number of rotatable bonds is 6. The number of carbonyl (C=O) groups is 2. The molecule has 7 nitrogen and oxygen atoms in total. The maximum absolute atomic E-state index is 13.8. The number of aliphatic hydroxyl groups excluding tert-OH is 1. The first kappa shape index (κ1) is 24.2. The van der Waals surface area contributed by atoms with Crippen LogP contribution in [-0.2, 0) is 22.6 Å². The largest absolute Gasteiger partial charge is 0.496 e. The number of nitrogens with zero attached hydrogens (tertiary/aromatic N) is 1. The molecule has 0 saturated carbocycles. The number of nitrogens with one attached hydrogen (secondary N) is 1. The lowest BCUT2D eigenvalue weighted by atomic mass is 10.0. The zero-order chi connectivity index (χ0) is 24.4. The van der Waals surface area contributed by atoms with Crippen LogP contribution in [0.15, 0.2) is 59.1 Å². The highest BCUT2D eigenvalue weighted by atomic mass is 79.9. The molecule has 3 atom stereocenters. The molecule has 0 saturated heterocycles. The van der Waals surface area contributed by atoms with Crippen LogP contribution >= 0.6 is 15.9 Å². The van der Waals surface area contributed by atoms with E-state index < -0.39 is 24.1 Å². The average molecular weight is 526 g/mol. The summed E-state index contributed by atoms with van der Waals surface area (Å²) in [5, 5.41) is 14.5. The minimum Gasteiger partial charge on any atom is -0.496 e. The number of amides is 2. The highest BCUT2D eigenvalue weighted by Crippen LogP contribution is 2.35. The predicted octanol–water partition coefficient (Wildman–Crippen LogP) is 3.28. The number of ether oxygens (including phenoxy) is 1. The number of methoxy groups -OCH3 is 1. The molecule has 1 heterocycles. The molecular formula is C26H28BrN3O4. The van der Waals surface area contributed by atoms with Crippen molar-refractivity contribution in [2.75, 3.05) is 12.0 Å². The molecule has 0 aliphatic carbocycles. The lowest BCUT2D eigenvalue weighted by Gasteiger charge is -2.28. The third kappa shape index (κ3) is 4.80. The predicted molar refractivity (Wildman–Crippen MR) is 136 cm³/mol. The van der Waals surface area contributed by atoms with Crippen molar-refractivity contribution in [1.29, 1.82) is 0 Å². The van der Waals surface area contributed by atoms with E-state index in [0.29, 0.717) is 18.6 Å². The van der Waals surface area contributed by atoms with Crippen LogP contribution in [0.3, 0.4) is 0 Å². The first-order chi connectivity index (χ1) is 16.3. The third-order valence-corrected chi connectivity index (χ3v) is 6.77. The summed E-state index contributed by atoms with van der Waals surface area (Å²) in [6.45, 7) is 1.72. The number of aryl methyl sites for hydroxylation is 1. The van der Waals surface area contributed by atoms with Gasteiger partial charge in [0.1, 0.15) is 17.8 Å². The van der Waals surface area contributed by atoms with Gasteiger partial charge in [-0.05, 0) is 60.4 Å². The van der Waals surface area contributed by atoms with Gasteiger partial charge in [-0.3, -0.25) is 9.59 Å². The molecule has 0 fully saturated rings. The number of hydrogen-bond acceptors (Lipinski definition) is 5. The van der Waals surface area contributed by atoms with E-state index in [1.807, 2.05) is 54.6 Å². The first-order valence-corrected chi connectivity index (χ1v) is 12.0. The summed E-state index contributed by atoms with van der Waals surface area (Å²) in [4.78, 5) is 28.1. The Morgan fingerprint density at radius 3 is 2.76 bits per heavy atom. The minimum absolute atomic E-state index is 0.229. The van der Waals surface area contributed by atoms with Crippen molar-refractivity contribution >= 4 is 44.2 Å². The molecule has 178 valence electrons. The van der Waals surface area contributed by atoms with E-state index in [1.165, 1.54) is 6.92 Å². The van der Waals surface area contributed by atoms with Crippen molar-refractivity contribution in [3.63, 3.8) is 0 Å². The number of fused-ring (bicyclic) bond motifs is 2. The second-order valence-corrected chi connectivity index (χ2v) is 9.45. The Morgan fingerprint density at radius 2 is 2.03 bits per heavy atom. The molecule has 0 aromatic heterocycles. The van der Waals surface area contributed by atoms with E-state index >= 15 is 0 Å². The molecule has 3 aromatic carbocycles. The van der Waals surface area contributed by atoms with E-state index in [2.05, 4.69) is 21.2 Å². The van der Waals surface area contributed by atoms with Crippen LogP contribution in [0.4, 0.5) is 5.69 Å². The van der Waals surface area contributed by atoms with Gasteiger partial charge in [-0.1, -0.05) is 46.3 Å². The molecule has 0 unspecified atom stereocenters. The van der Waals surface area contributed by atoms with Crippen LogP contribution in [-0.4, -0.2) is 42.2 Å². The molecule has 1 aliphatic rings. The fraction of sp³-hybridized carbons (Fsp3) is 0.308. The molecule has 0 spiro atoms. The second-order valence-electron chi connectivity index (χ2n) is 8.53. The number of carbonyl (C=O) groups excluding carboxylic acids is 2. The van der Waals surface area contributed by atoms with Crippen LogP contribution in [0, 0.1) is 0 Å². The summed E-state index contributed by atoms with van der Waals surface area (Å²) in [6, 6.07) is 15.8. The van der Waals surface area contributed by atoms with Gasteiger partial charge in [0.25, 0.3) is 0 Å². The monoisotopic (exact) mass is 525 g/mol.